The number of rotatable bonds is 4. The Bertz CT molecular complexity index is 864. The van der Waals surface area contributed by atoms with E-state index in [2.05, 4.69) is 24.7 Å². The number of amides is 1. The van der Waals surface area contributed by atoms with Gasteiger partial charge in [-0.15, -0.1) is 5.10 Å². The predicted molar refractivity (Wildman–Crippen MR) is 95.5 cm³/mol. The molecule has 132 valence electrons. The molecule has 0 saturated carbocycles. The first kappa shape index (κ1) is 16.4. The fraction of sp³-hybridized carbons (Fsp3) is 0.316. The second-order valence-electron chi connectivity index (χ2n) is 6.47. The van der Waals surface area contributed by atoms with E-state index in [9.17, 15) is 4.79 Å². The molecule has 1 aliphatic heterocycles. The third-order valence-corrected chi connectivity index (χ3v) is 4.72. The lowest BCUT2D eigenvalue weighted by Gasteiger charge is -2.32. The number of hydrogen-bond acceptors (Lipinski definition) is 5. The van der Waals surface area contributed by atoms with Crippen LogP contribution in [0.2, 0.25) is 0 Å². The van der Waals surface area contributed by atoms with E-state index in [4.69, 9.17) is 0 Å². The lowest BCUT2D eigenvalue weighted by molar-refractivity contribution is 0.0696. The molecule has 3 aromatic rings. The largest absolute Gasteiger partial charge is 0.337 e. The third kappa shape index (κ3) is 3.46. The fourth-order valence-corrected chi connectivity index (χ4v) is 3.45. The van der Waals surface area contributed by atoms with Gasteiger partial charge < -0.3 is 9.47 Å². The molecule has 1 fully saturated rings. The van der Waals surface area contributed by atoms with E-state index in [1.54, 1.807) is 30.7 Å². The van der Waals surface area contributed by atoms with E-state index in [0.717, 1.165) is 31.8 Å². The summed E-state index contributed by atoms with van der Waals surface area (Å²) in [5, 5.41) is 7.76. The summed E-state index contributed by atoms with van der Waals surface area (Å²) in [4.78, 5) is 23.2. The highest BCUT2D eigenvalue weighted by Gasteiger charge is 2.28. The molecule has 26 heavy (non-hydrogen) atoms. The first-order chi connectivity index (χ1) is 12.8. The summed E-state index contributed by atoms with van der Waals surface area (Å²) in [7, 11) is 0. The van der Waals surface area contributed by atoms with Gasteiger partial charge in [0.1, 0.15) is 5.82 Å². The minimum atomic E-state index is -0.0601. The van der Waals surface area contributed by atoms with E-state index in [-0.39, 0.29) is 11.8 Å². The van der Waals surface area contributed by atoms with E-state index in [1.165, 1.54) is 5.56 Å². The Morgan fingerprint density at radius 2 is 2.04 bits per heavy atom. The molecular formula is C19H20N6O. The molecule has 4 rings (SSSR count). The van der Waals surface area contributed by atoms with Gasteiger partial charge in [-0.3, -0.25) is 9.78 Å². The van der Waals surface area contributed by atoms with Crippen molar-refractivity contribution < 1.29 is 4.79 Å². The van der Waals surface area contributed by atoms with Crippen molar-refractivity contribution in [2.45, 2.75) is 25.3 Å². The van der Waals surface area contributed by atoms with E-state index in [0.29, 0.717) is 12.2 Å². The zero-order chi connectivity index (χ0) is 17.8. The van der Waals surface area contributed by atoms with Gasteiger partial charge in [-0.2, -0.15) is 5.10 Å². The van der Waals surface area contributed by atoms with Crippen LogP contribution in [0.3, 0.4) is 0 Å². The minimum absolute atomic E-state index is 0.0601. The average Bonchev–Trinajstić information content (AvgIpc) is 3.17. The lowest BCUT2D eigenvalue weighted by atomic mass is 9.96. The summed E-state index contributed by atoms with van der Waals surface area (Å²) >= 11 is 0. The zero-order valence-corrected chi connectivity index (χ0v) is 14.4. The number of pyridine rings is 1. The predicted octanol–water partition coefficient (Wildman–Crippen LogP) is 2.14. The number of carbonyl (C=O) groups excluding carboxylic acids is 1. The molecular weight excluding hydrogens is 328 g/mol. The number of piperidine rings is 1. The molecule has 7 heteroatoms. The molecule has 0 bridgehead atoms. The van der Waals surface area contributed by atoms with Crippen molar-refractivity contribution in [1.82, 2.24) is 29.6 Å². The van der Waals surface area contributed by atoms with Crippen molar-refractivity contribution in [3.8, 4) is 0 Å². The second kappa shape index (κ2) is 7.43. The number of imidazole rings is 1. The van der Waals surface area contributed by atoms with Gasteiger partial charge in [0.15, 0.2) is 5.69 Å². The van der Waals surface area contributed by atoms with Crippen LogP contribution in [0.5, 0.6) is 0 Å². The van der Waals surface area contributed by atoms with Crippen LogP contribution in [0.15, 0.2) is 55.2 Å². The Morgan fingerprint density at radius 3 is 2.85 bits per heavy atom. The maximum atomic E-state index is 12.7. The van der Waals surface area contributed by atoms with Gasteiger partial charge >= 0.3 is 0 Å². The first-order valence-corrected chi connectivity index (χ1v) is 8.78. The van der Waals surface area contributed by atoms with Crippen molar-refractivity contribution in [2.24, 2.45) is 0 Å². The van der Waals surface area contributed by atoms with Crippen LogP contribution in [-0.2, 0) is 6.54 Å². The SMILES string of the molecule is O=C(c1cccnn1)N1CCCC(c2nccn2Cc2ccncc2)C1. The lowest BCUT2D eigenvalue weighted by Crippen LogP contribution is -2.40. The van der Waals surface area contributed by atoms with Gasteiger partial charge in [0.2, 0.25) is 0 Å². The monoisotopic (exact) mass is 348 g/mol. The molecule has 4 heterocycles. The Balaban J connectivity index is 1.50. The molecule has 0 radical (unpaired) electrons. The highest BCUT2D eigenvalue weighted by Crippen LogP contribution is 2.27. The number of nitrogens with zero attached hydrogens (tertiary/aromatic N) is 6. The van der Waals surface area contributed by atoms with Crippen LogP contribution >= 0.6 is 0 Å². The molecule has 0 aliphatic carbocycles. The standard InChI is InChI=1S/C19H20N6O/c26-19(17-4-1-7-22-23-17)25-11-2-3-16(14-25)18-21-10-12-24(18)13-15-5-8-20-9-6-15/h1,4-10,12,16H,2-3,11,13-14H2. The summed E-state index contributed by atoms with van der Waals surface area (Å²) in [5.41, 5.74) is 1.58. The molecule has 1 saturated heterocycles. The maximum Gasteiger partial charge on any atom is 0.274 e. The van der Waals surface area contributed by atoms with E-state index >= 15 is 0 Å². The van der Waals surface area contributed by atoms with Gasteiger partial charge in [0, 0.05) is 56.5 Å². The van der Waals surface area contributed by atoms with Gasteiger partial charge in [-0.25, -0.2) is 4.98 Å². The zero-order valence-electron chi connectivity index (χ0n) is 14.4. The number of carbonyl (C=O) groups is 1. The molecule has 0 N–H and O–H groups in total. The smallest absolute Gasteiger partial charge is 0.274 e. The van der Waals surface area contributed by atoms with Gasteiger partial charge in [-0.1, -0.05) is 0 Å². The topological polar surface area (TPSA) is 76.8 Å². The number of aromatic nitrogens is 5. The normalized spacial score (nSPS) is 17.2. The van der Waals surface area contributed by atoms with Gasteiger partial charge in [0.25, 0.3) is 5.91 Å². The molecule has 7 nitrogen and oxygen atoms in total. The van der Waals surface area contributed by atoms with E-state index in [1.807, 2.05) is 29.4 Å². The van der Waals surface area contributed by atoms with Crippen molar-refractivity contribution in [2.75, 3.05) is 13.1 Å². The second-order valence-corrected chi connectivity index (χ2v) is 6.47. The van der Waals surface area contributed by atoms with Crippen molar-refractivity contribution in [3.63, 3.8) is 0 Å². The summed E-state index contributed by atoms with van der Waals surface area (Å²) < 4.78 is 2.16. The van der Waals surface area contributed by atoms with Crippen LogP contribution in [0.4, 0.5) is 0 Å². The van der Waals surface area contributed by atoms with Crippen molar-refractivity contribution >= 4 is 5.91 Å². The van der Waals surface area contributed by atoms with Crippen LogP contribution in [0.25, 0.3) is 0 Å². The van der Waals surface area contributed by atoms with Crippen LogP contribution in [-0.4, -0.2) is 48.6 Å². The molecule has 1 aliphatic rings. The summed E-state index contributed by atoms with van der Waals surface area (Å²) in [6, 6.07) is 7.47. The number of likely N-dealkylation sites (tertiary alicyclic amines) is 1. The Morgan fingerprint density at radius 1 is 1.15 bits per heavy atom. The fourth-order valence-electron chi connectivity index (χ4n) is 3.45. The summed E-state index contributed by atoms with van der Waals surface area (Å²) in [6.07, 6.45) is 11.0. The third-order valence-electron chi connectivity index (χ3n) is 4.72. The van der Waals surface area contributed by atoms with E-state index < -0.39 is 0 Å². The molecule has 0 aromatic carbocycles. The Kier molecular flexibility index (Phi) is 4.68. The molecule has 1 atom stereocenters. The Hall–Kier alpha value is -3.09. The first-order valence-electron chi connectivity index (χ1n) is 8.78. The minimum Gasteiger partial charge on any atom is -0.337 e. The number of hydrogen-bond donors (Lipinski definition) is 0. The van der Waals surface area contributed by atoms with Gasteiger partial charge in [-0.05, 0) is 42.7 Å². The molecule has 3 aromatic heterocycles. The molecule has 0 spiro atoms. The highest BCUT2D eigenvalue weighted by atomic mass is 16.2. The molecule has 1 unspecified atom stereocenters. The van der Waals surface area contributed by atoms with Crippen molar-refractivity contribution in [3.05, 3.63) is 72.3 Å². The quantitative estimate of drug-likeness (QED) is 0.722. The van der Waals surface area contributed by atoms with Gasteiger partial charge in [0.05, 0.1) is 0 Å². The summed E-state index contributed by atoms with van der Waals surface area (Å²) in [6.45, 7) is 2.16. The Labute approximate surface area is 151 Å². The molecule has 1 amide bonds. The van der Waals surface area contributed by atoms with Crippen LogP contribution in [0.1, 0.15) is 40.6 Å². The average molecular weight is 348 g/mol. The maximum absolute atomic E-state index is 12.7. The van der Waals surface area contributed by atoms with Crippen LogP contribution < -0.4 is 0 Å². The highest BCUT2D eigenvalue weighted by molar-refractivity contribution is 5.92. The van der Waals surface area contributed by atoms with Crippen LogP contribution in [0, 0.1) is 0 Å². The van der Waals surface area contributed by atoms with Crippen molar-refractivity contribution in [1.29, 1.82) is 0 Å². The summed E-state index contributed by atoms with van der Waals surface area (Å²) in [5.74, 6) is 1.19.